The molecule has 1 unspecified atom stereocenters. The molecule has 0 bridgehead atoms. The number of aromatic nitrogens is 2. The Bertz CT molecular complexity index is 517. The van der Waals surface area contributed by atoms with Crippen LogP contribution in [-0.4, -0.2) is 14.7 Å². The van der Waals surface area contributed by atoms with Crippen LogP contribution in [0.4, 0.5) is 4.39 Å². The van der Waals surface area contributed by atoms with Gasteiger partial charge in [0, 0.05) is 25.4 Å². The molecule has 0 amide bonds. The zero-order valence-electron chi connectivity index (χ0n) is 10.6. The fourth-order valence-electron chi connectivity index (χ4n) is 2.01. The predicted molar refractivity (Wildman–Crippen MR) is 67.6 cm³/mol. The molecule has 1 N–H and O–H groups in total. The number of benzene rings is 1. The maximum atomic E-state index is 12.9. The lowest BCUT2D eigenvalue weighted by Gasteiger charge is -2.23. The highest BCUT2D eigenvalue weighted by Crippen LogP contribution is 2.24. The summed E-state index contributed by atoms with van der Waals surface area (Å²) in [6.07, 6.45) is 4.01. The first-order chi connectivity index (χ1) is 8.53. The van der Waals surface area contributed by atoms with Crippen molar-refractivity contribution in [1.82, 2.24) is 9.55 Å². The van der Waals surface area contributed by atoms with Crippen LogP contribution in [0, 0.1) is 5.82 Å². The van der Waals surface area contributed by atoms with E-state index < -0.39 is 5.60 Å². The fourth-order valence-corrected chi connectivity index (χ4v) is 2.01. The molecule has 0 fully saturated rings. The van der Waals surface area contributed by atoms with Gasteiger partial charge in [0.25, 0.3) is 0 Å². The first-order valence-electron chi connectivity index (χ1n) is 6.01. The Kier molecular flexibility index (Phi) is 3.48. The van der Waals surface area contributed by atoms with Gasteiger partial charge >= 0.3 is 0 Å². The molecule has 18 heavy (non-hydrogen) atoms. The highest BCUT2D eigenvalue weighted by atomic mass is 19.1. The Morgan fingerprint density at radius 2 is 2.00 bits per heavy atom. The van der Waals surface area contributed by atoms with Crippen molar-refractivity contribution < 1.29 is 9.50 Å². The molecule has 96 valence electrons. The Morgan fingerprint density at radius 3 is 2.61 bits per heavy atom. The number of hydrogen-bond donors (Lipinski definition) is 1. The molecule has 0 aliphatic rings. The van der Waals surface area contributed by atoms with Crippen LogP contribution in [0.15, 0.2) is 36.7 Å². The number of aliphatic hydroxyl groups is 1. The van der Waals surface area contributed by atoms with Crippen molar-refractivity contribution >= 4 is 0 Å². The van der Waals surface area contributed by atoms with Gasteiger partial charge in [0.05, 0.1) is 5.60 Å². The van der Waals surface area contributed by atoms with E-state index in [4.69, 9.17) is 0 Å². The summed E-state index contributed by atoms with van der Waals surface area (Å²) in [6.45, 7) is 4.56. The highest BCUT2D eigenvalue weighted by Gasteiger charge is 2.25. The summed E-state index contributed by atoms with van der Waals surface area (Å²) in [4.78, 5) is 4.24. The van der Waals surface area contributed by atoms with E-state index in [9.17, 15) is 9.50 Å². The minimum Gasteiger partial charge on any atom is -0.385 e. The normalized spacial score (nSPS) is 14.4. The highest BCUT2D eigenvalue weighted by molar-refractivity contribution is 5.23. The van der Waals surface area contributed by atoms with E-state index in [0.29, 0.717) is 12.0 Å². The molecule has 0 aliphatic heterocycles. The number of imidazole rings is 1. The summed E-state index contributed by atoms with van der Waals surface area (Å²) < 4.78 is 14.9. The number of hydrogen-bond acceptors (Lipinski definition) is 2. The average molecular weight is 248 g/mol. The summed E-state index contributed by atoms with van der Waals surface area (Å²) in [7, 11) is 0. The van der Waals surface area contributed by atoms with Crippen molar-refractivity contribution in [3.8, 4) is 0 Å². The first kappa shape index (κ1) is 12.8. The van der Waals surface area contributed by atoms with Crippen molar-refractivity contribution in [3.63, 3.8) is 0 Å². The Morgan fingerprint density at radius 1 is 1.33 bits per heavy atom. The van der Waals surface area contributed by atoms with Gasteiger partial charge in [-0.1, -0.05) is 12.1 Å². The van der Waals surface area contributed by atoms with Gasteiger partial charge in [-0.3, -0.25) is 0 Å². The van der Waals surface area contributed by atoms with Crippen LogP contribution in [0.3, 0.4) is 0 Å². The molecule has 1 heterocycles. The number of nitrogens with zero attached hydrogens (tertiary/aromatic N) is 2. The van der Waals surface area contributed by atoms with E-state index in [0.717, 1.165) is 12.4 Å². The first-order valence-corrected chi connectivity index (χ1v) is 6.01. The van der Waals surface area contributed by atoms with Crippen molar-refractivity contribution in [2.45, 2.75) is 32.4 Å². The van der Waals surface area contributed by atoms with Crippen molar-refractivity contribution in [1.29, 1.82) is 0 Å². The lowest BCUT2D eigenvalue weighted by atomic mass is 9.92. The Labute approximate surface area is 106 Å². The van der Waals surface area contributed by atoms with Crippen molar-refractivity contribution in [2.75, 3.05) is 0 Å². The van der Waals surface area contributed by atoms with Gasteiger partial charge in [0.1, 0.15) is 11.6 Å². The molecule has 2 aromatic rings. The second-order valence-corrected chi connectivity index (χ2v) is 4.59. The monoisotopic (exact) mass is 248 g/mol. The molecule has 1 atom stereocenters. The van der Waals surface area contributed by atoms with Crippen LogP contribution in [0.25, 0.3) is 0 Å². The van der Waals surface area contributed by atoms with E-state index in [1.807, 2.05) is 17.7 Å². The number of aryl methyl sites for hydroxylation is 1. The quantitative estimate of drug-likeness (QED) is 0.902. The van der Waals surface area contributed by atoms with E-state index in [-0.39, 0.29) is 5.82 Å². The molecule has 2 rings (SSSR count). The molecule has 1 aromatic carbocycles. The topological polar surface area (TPSA) is 38.0 Å². The number of halogens is 1. The van der Waals surface area contributed by atoms with Crippen LogP contribution in [-0.2, 0) is 18.6 Å². The minimum absolute atomic E-state index is 0.301. The van der Waals surface area contributed by atoms with E-state index in [1.165, 1.54) is 12.1 Å². The van der Waals surface area contributed by atoms with E-state index in [2.05, 4.69) is 4.98 Å². The standard InChI is InChI=1S/C14H17FN2O/c1-3-17-9-8-16-13(17)10-14(2,18)11-4-6-12(15)7-5-11/h4-9,18H,3,10H2,1-2H3. The molecule has 0 radical (unpaired) electrons. The fraction of sp³-hybridized carbons (Fsp3) is 0.357. The maximum absolute atomic E-state index is 12.9. The lowest BCUT2D eigenvalue weighted by Crippen LogP contribution is -2.26. The molecular weight excluding hydrogens is 231 g/mol. The van der Waals surface area contributed by atoms with Gasteiger partial charge in [-0.25, -0.2) is 9.37 Å². The van der Waals surface area contributed by atoms with Crippen LogP contribution in [0.1, 0.15) is 25.2 Å². The lowest BCUT2D eigenvalue weighted by molar-refractivity contribution is 0.0545. The van der Waals surface area contributed by atoms with Gasteiger partial charge in [-0.15, -0.1) is 0 Å². The molecule has 0 saturated carbocycles. The second kappa shape index (κ2) is 4.90. The summed E-state index contributed by atoms with van der Waals surface area (Å²) in [6, 6.07) is 5.93. The zero-order valence-corrected chi connectivity index (χ0v) is 10.6. The molecular formula is C14H17FN2O. The Balaban J connectivity index is 2.23. The van der Waals surface area contributed by atoms with Gasteiger partial charge in [0.2, 0.25) is 0 Å². The van der Waals surface area contributed by atoms with Crippen LogP contribution in [0.2, 0.25) is 0 Å². The van der Waals surface area contributed by atoms with Gasteiger partial charge in [0.15, 0.2) is 0 Å². The van der Waals surface area contributed by atoms with Gasteiger partial charge in [-0.2, -0.15) is 0 Å². The average Bonchev–Trinajstić information content (AvgIpc) is 2.76. The van der Waals surface area contributed by atoms with E-state index >= 15 is 0 Å². The maximum Gasteiger partial charge on any atom is 0.123 e. The van der Waals surface area contributed by atoms with Gasteiger partial charge < -0.3 is 9.67 Å². The van der Waals surface area contributed by atoms with Gasteiger partial charge in [-0.05, 0) is 31.5 Å². The summed E-state index contributed by atoms with van der Waals surface area (Å²) in [5.41, 5.74) is -0.360. The third kappa shape index (κ3) is 2.59. The minimum atomic E-state index is -1.05. The second-order valence-electron chi connectivity index (χ2n) is 4.59. The summed E-state index contributed by atoms with van der Waals surface area (Å²) in [5.74, 6) is 0.524. The third-order valence-corrected chi connectivity index (χ3v) is 3.11. The largest absolute Gasteiger partial charge is 0.385 e. The SMILES string of the molecule is CCn1ccnc1CC(C)(O)c1ccc(F)cc1. The summed E-state index contributed by atoms with van der Waals surface area (Å²) in [5, 5.41) is 10.5. The molecule has 1 aromatic heterocycles. The molecule has 4 heteroatoms. The van der Waals surface area contributed by atoms with Crippen molar-refractivity contribution in [2.24, 2.45) is 0 Å². The van der Waals surface area contributed by atoms with Crippen LogP contribution < -0.4 is 0 Å². The molecule has 3 nitrogen and oxygen atoms in total. The van der Waals surface area contributed by atoms with Crippen LogP contribution in [0.5, 0.6) is 0 Å². The number of rotatable bonds is 4. The zero-order chi connectivity index (χ0) is 13.2. The van der Waals surface area contributed by atoms with Crippen LogP contribution >= 0.6 is 0 Å². The van der Waals surface area contributed by atoms with E-state index in [1.54, 1.807) is 25.3 Å². The summed E-state index contributed by atoms with van der Waals surface area (Å²) >= 11 is 0. The molecule has 0 aliphatic carbocycles. The molecule has 0 spiro atoms. The Hall–Kier alpha value is -1.68. The smallest absolute Gasteiger partial charge is 0.123 e. The van der Waals surface area contributed by atoms with Crippen molar-refractivity contribution in [3.05, 3.63) is 53.9 Å². The molecule has 0 saturated heterocycles. The third-order valence-electron chi connectivity index (χ3n) is 3.11. The predicted octanol–water partition coefficient (Wildman–Crippen LogP) is 2.49.